The minimum Gasteiger partial charge on any atom is -0.300 e. The molecule has 2 aliphatic carbocycles. The van der Waals surface area contributed by atoms with Gasteiger partial charge < -0.3 is 9.59 Å². The van der Waals surface area contributed by atoms with Crippen LogP contribution in [0.3, 0.4) is 0 Å². The van der Waals surface area contributed by atoms with Crippen LogP contribution < -0.4 is 0 Å². The molecule has 0 atom stereocenters. The summed E-state index contributed by atoms with van der Waals surface area (Å²) in [5.41, 5.74) is 0. The number of rotatable bonds is 4. The molecule has 2 aliphatic rings. The van der Waals surface area contributed by atoms with Crippen molar-refractivity contribution in [3.05, 3.63) is 0 Å². The molecule has 0 heterocycles. The SMILES string of the molecule is C.C.CC(=O)CC1CCCC1.CC(=O)CC1CCCCC1. The predicted molar refractivity (Wildman–Crippen MR) is 92.6 cm³/mol. The van der Waals surface area contributed by atoms with Crippen LogP contribution in [0.2, 0.25) is 0 Å². The number of hydrogen-bond donors (Lipinski definition) is 0. The van der Waals surface area contributed by atoms with Gasteiger partial charge in [-0.3, -0.25) is 0 Å². The lowest BCUT2D eigenvalue weighted by Crippen LogP contribution is -2.09. The number of hydrogen-bond acceptors (Lipinski definition) is 2. The summed E-state index contributed by atoms with van der Waals surface area (Å²) in [6.45, 7) is 3.40. The van der Waals surface area contributed by atoms with E-state index in [1.165, 1.54) is 57.8 Å². The molecule has 2 fully saturated rings. The highest BCUT2D eigenvalue weighted by Gasteiger charge is 2.16. The fourth-order valence-corrected chi connectivity index (χ4v) is 3.42. The van der Waals surface area contributed by atoms with E-state index in [0.717, 1.165) is 24.7 Å². The van der Waals surface area contributed by atoms with Gasteiger partial charge in [0.25, 0.3) is 0 Å². The van der Waals surface area contributed by atoms with Gasteiger partial charge in [0.1, 0.15) is 11.6 Å². The van der Waals surface area contributed by atoms with Gasteiger partial charge in [0.05, 0.1) is 0 Å². The van der Waals surface area contributed by atoms with Gasteiger partial charge in [0.15, 0.2) is 0 Å². The Morgan fingerprint density at radius 3 is 1.24 bits per heavy atom. The molecule has 2 saturated carbocycles. The molecule has 2 rings (SSSR count). The molecular weight excluding hydrogens is 260 g/mol. The molecule has 0 N–H and O–H groups in total. The fourth-order valence-electron chi connectivity index (χ4n) is 3.42. The highest BCUT2D eigenvalue weighted by atomic mass is 16.1. The van der Waals surface area contributed by atoms with Crippen molar-refractivity contribution in [2.75, 3.05) is 0 Å². The van der Waals surface area contributed by atoms with Gasteiger partial charge in [-0.1, -0.05) is 72.6 Å². The zero-order valence-corrected chi connectivity index (χ0v) is 12.7. The Labute approximate surface area is 133 Å². The molecular formula is C19H38O2. The Morgan fingerprint density at radius 1 is 0.667 bits per heavy atom. The summed E-state index contributed by atoms with van der Waals surface area (Å²) in [6, 6.07) is 0. The molecule has 0 bridgehead atoms. The maximum absolute atomic E-state index is 10.7. The van der Waals surface area contributed by atoms with E-state index in [0.29, 0.717) is 11.6 Å². The number of carbonyl (C=O) groups excluding carboxylic acids is 2. The molecule has 2 nitrogen and oxygen atoms in total. The second-order valence-corrected chi connectivity index (χ2v) is 6.47. The second kappa shape index (κ2) is 13.0. The van der Waals surface area contributed by atoms with Crippen LogP contribution in [0.4, 0.5) is 0 Å². The van der Waals surface area contributed by atoms with Crippen LogP contribution in [0, 0.1) is 11.8 Å². The number of Topliss-reactive ketones (excluding diaryl/α,β-unsaturated/α-hetero) is 2. The molecule has 126 valence electrons. The number of ketones is 2. The third kappa shape index (κ3) is 11.7. The van der Waals surface area contributed by atoms with E-state index in [2.05, 4.69) is 0 Å². The van der Waals surface area contributed by atoms with E-state index in [4.69, 9.17) is 0 Å². The number of carbonyl (C=O) groups is 2. The molecule has 0 amide bonds. The van der Waals surface area contributed by atoms with Crippen molar-refractivity contribution in [1.29, 1.82) is 0 Å². The molecule has 0 saturated heterocycles. The van der Waals surface area contributed by atoms with Crippen LogP contribution in [0.25, 0.3) is 0 Å². The minimum absolute atomic E-state index is 0. The van der Waals surface area contributed by atoms with E-state index in [-0.39, 0.29) is 14.9 Å². The highest BCUT2D eigenvalue weighted by Crippen LogP contribution is 2.27. The first-order valence-corrected chi connectivity index (χ1v) is 8.06. The Balaban J connectivity index is 0. The van der Waals surface area contributed by atoms with E-state index in [1.807, 2.05) is 0 Å². The second-order valence-electron chi connectivity index (χ2n) is 6.47. The van der Waals surface area contributed by atoms with Crippen LogP contribution in [-0.4, -0.2) is 11.6 Å². The van der Waals surface area contributed by atoms with Crippen molar-refractivity contribution in [2.24, 2.45) is 11.8 Å². The Morgan fingerprint density at radius 2 is 0.952 bits per heavy atom. The van der Waals surface area contributed by atoms with Crippen molar-refractivity contribution in [2.45, 2.75) is 99.3 Å². The van der Waals surface area contributed by atoms with Crippen molar-refractivity contribution in [3.63, 3.8) is 0 Å². The van der Waals surface area contributed by atoms with Gasteiger partial charge in [-0.25, -0.2) is 0 Å². The lowest BCUT2D eigenvalue weighted by molar-refractivity contribution is -0.118. The third-order valence-corrected chi connectivity index (χ3v) is 4.35. The van der Waals surface area contributed by atoms with Gasteiger partial charge in [0, 0.05) is 12.8 Å². The first kappa shape index (κ1) is 22.6. The van der Waals surface area contributed by atoms with Crippen LogP contribution in [0.1, 0.15) is 99.3 Å². The highest BCUT2D eigenvalue weighted by molar-refractivity contribution is 5.76. The first-order valence-electron chi connectivity index (χ1n) is 8.06. The molecule has 0 aromatic heterocycles. The molecule has 0 aromatic rings. The monoisotopic (exact) mass is 298 g/mol. The van der Waals surface area contributed by atoms with E-state index in [1.54, 1.807) is 13.8 Å². The average molecular weight is 299 g/mol. The van der Waals surface area contributed by atoms with E-state index >= 15 is 0 Å². The molecule has 2 heteroatoms. The first-order chi connectivity index (χ1) is 9.08. The standard InChI is InChI=1S/C9H16O.C8H14O.2CH4/c1-8(10)7-9-5-3-2-4-6-9;1-7(9)6-8-4-2-3-5-8;;/h9H,2-7H2,1H3;8H,2-6H2,1H3;2*1H4. The summed E-state index contributed by atoms with van der Waals surface area (Å²) in [7, 11) is 0. The van der Waals surface area contributed by atoms with Gasteiger partial charge in [-0.05, 0) is 25.7 Å². The summed E-state index contributed by atoms with van der Waals surface area (Å²) in [4.78, 5) is 21.3. The lowest BCUT2D eigenvalue weighted by atomic mass is 9.86. The topological polar surface area (TPSA) is 34.1 Å². The third-order valence-electron chi connectivity index (χ3n) is 4.35. The largest absolute Gasteiger partial charge is 0.300 e. The molecule has 0 spiro atoms. The van der Waals surface area contributed by atoms with Crippen molar-refractivity contribution in [1.82, 2.24) is 0 Å². The van der Waals surface area contributed by atoms with Crippen molar-refractivity contribution in [3.8, 4) is 0 Å². The van der Waals surface area contributed by atoms with Crippen LogP contribution in [0.15, 0.2) is 0 Å². The summed E-state index contributed by atoms with van der Waals surface area (Å²) >= 11 is 0. The van der Waals surface area contributed by atoms with Gasteiger partial charge in [-0.15, -0.1) is 0 Å². The van der Waals surface area contributed by atoms with E-state index < -0.39 is 0 Å². The Hall–Kier alpha value is -0.660. The maximum atomic E-state index is 10.7. The molecule has 0 radical (unpaired) electrons. The van der Waals surface area contributed by atoms with Crippen LogP contribution in [0.5, 0.6) is 0 Å². The maximum Gasteiger partial charge on any atom is 0.130 e. The van der Waals surface area contributed by atoms with E-state index in [9.17, 15) is 9.59 Å². The zero-order valence-electron chi connectivity index (χ0n) is 12.7. The minimum atomic E-state index is 0. The fraction of sp³-hybridized carbons (Fsp3) is 0.895. The van der Waals surface area contributed by atoms with Gasteiger partial charge in [-0.2, -0.15) is 0 Å². The quantitative estimate of drug-likeness (QED) is 0.640. The lowest BCUT2D eigenvalue weighted by Gasteiger charge is -2.19. The average Bonchev–Trinajstić information content (AvgIpc) is 2.82. The van der Waals surface area contributed by atoms with Crippen molar-refractivity contribution >= 4 is 11.6 Å². The molecule has 21 heavy (non-hydrogen) atoms. The summed E-state index contributed by atoms with van der Waals surface area (Å²) in [5.74, 6) is 2.20. The summed E-state index contributed by atoms with van der Waals surface area (Å²) in [5, 5.41) is 0. The van der Waals surface area contributed by atoms with Crippen molar-refractivity contribution < 1.29 is 9.59 Å². The Kier molecular flexibility index (Phi) is 14.0. The predicted octanol–water partition coefficient (Wildman–Crippen LogP) is 5.97. The summed E-state index contributed by atoms with van der Waals surface area (Å²) < 4.78 is 0. The van der Waals surface area contributed by atoms with Crippen LogP contribution >= 0.6 is 0 Å². The normalized spacial score (nSPS) is 18.8. The summed E-state index contributed by atoms with van der Waals surface area (Å²) in [6.07, 6.45) is 13.6. The van der Waals surface area contributed by atoms with Gasteiger partial charge in [0.2, 0.25) is 0 Å². The van der Waals surface area contributed by atoms with Crippen LogP contribution in [-0.2, 0) is 9.59 Å². The van der Waals surface area contributed by atoms with Gasteiger partial charge >= 0.3 is 0 Å². The molecule has 0 unspecified atom stereocenters. The molecule has 0 aliphatic heterocycles. The smallest absolute Gasteiger partial charge is 0.130 e. The molecule has 0 aromatic carbocycles. The Bertz CT molecular complexity index is 271. The zero-order chi connectivity index (χ0) is 14.1.